The minimum absolute atomic E-state index is 0.0512. The number of nitrogens with one attached hydrogen (secondary N) is 1. The van der Waals surface area contributed by atoms with Crippen LogP contribution in [0.5, 0.6) is 0 Å². The molecule has 1 aromatic carbocycles. The highest BCUT2D eigenvalue weighted by Crippen LogP contribution is 2.07. The molecule has 26 heavy (non-hydrogen) atoms. The van der Waals surface area contributed by atoms with E-state index in [4.69, 9.17) is 4.74 Å². The fourth-order valence-corrected chi connectivity index (χ4v) is 2.57. The van der Waals surface area contributed by atoms with Crippen LogP contribution in [0, 0.1) is 6.92 Å². The normalized spacial score (nSPS) is 15.7. The second-order valence-corrected chi connectivity index (χ2v) is 6.18. The number of morpholine rings is 1. The lowest BCUT2D eigenvalue weighted by Gasteiger charge is -2.27. The first-order chi connectivity index (χ1) is 12.5. The number of amides is 2. The predicted molar refractivity (Wildman–Crippen MR) is 96.4 cm³/mol. The summed E-state index contributed by atoms with van der Waals surface area (Å²) in [5.41, 5.74) is 1.96. The van der Waals surface area contributed by atoms with Crippen molar-refractivity contribution in [1.82, 2.24) is 10.2 Å². The van der Waals surface area contributed by atoms with Gasteiger partial charge in [-0.15, -0.1) is 0 Å². The van der Waals surface area contributed by atoms with Crippen LogP contribution in [0.3, 0.4) is 0 Å². The van der Waals surface area contributed by atoms with E-state index in [0.717, 1.165) is 11.1 Å². The highest BCUT2D eigenvalue weighted by Gasteiger charge is 2.23. The van der Waals surface area contributed by atoms with Crippen molar-refractivity contribution in [3.63, 3.8) is 0 Å². The molecule has 1 aliphatic rings. The first-order valence-corrected chi connectivity index (χ1v) is 8.59. The van der Waals surface area contributed by atoms with Crippen LogP contribution in [0.25, 0.3) is 6.08 Å². The first-order valence-electron chi connectivity index (χ1n) is 8.59. The van der Waals surface area contributed by atoms with Crippen molar-refractivity contribution >= 4 is 23.9 Å². The highest BCUT2D eigenvalue weighted by molar-refractivity contribution is 5.94. The monoisotopic (exact) mass is 360 g/mol. The summed E-state index contributed by atoms with van der Waals surface area (Å²) < 4.78 is 5.18. The van der Waals surface area contributed by atoms with Crippen LogP contribution in [0.15, 0.2) is 30.3 Å². The molecular weight excluding hydrogens is 336 g/mol. The van der Waals surface area contributed by atoms with Crippen molar-refractivity contribution in [3.8, 4) is 0 Å². The standard InChI is InChI=1S/C19H24N2O5/c1-14-2-4-15(5-3-14)6-8-17(22)20-16(19(24)25)7-9-18(23)21-10-12-26-13-11-21/h2-6,8,16H,7,9-13H2,1H3,(H,20,22)(H,24,25)/b8-6+/t16-/m0/s1. The summed E-state index contributed by atoms with van der Waals surface area (Å²) in [7, 11) is 0. The molecule has 1 saturated heterocycles. The van der Waals surface area contributed by atoms with Gasteiger partial charge in [0.1, 0.15) is 6.04 Å². The Kier molecular flexibility index (Phi) is 7.35. The first kappa shape index (κ1) is 19.7. The van der Waals surface area contributed by atoms with Gasteiger partial charge in [-0.3, -0.25) is 9.59 Å². The molecule has 7 nitrogen and oxygen atoms in total. The van der Waals surface area contributed by atoms with Crippen LogP contribution in [0.4, 0.5) is 0 Å². The minimum Gasteiger partial charge on any atom is -0.480 e. The van der Waals surface area contributed by atoms with Gasteiger partial charge in [0.25, 0.3) is 0 Å². The molecule has 1 aromatic rings. The fourth-order valence-electron chi connectivity index (χ4n) is 2.57. The summed E-state index contributed by atoms with van der Waals surface area (Å²) in [5, 5.41) is 11.7. The Morgan fingerprint density at radius 3 is 2.50 bits per heavy atom. The molecule has 1 heterocycles. The number of hydrogen-bond acceptors (Lipinski definition) is 4. The molecule has 140 valence electrons. The Hall–Kier alpha value is -2.67. The van der Waals surface area contributed by atoms with Crippen molar-refractivity contribution in [1.29, 1.82) is 0 Å². The maximum Gasteiger partial charge on any atom is 0.326 e. The summed E-state index contributed by atoms with van der Waals surface area (Å²) in [5.74, 6) is -1.78. The van der Waals surface area contributed by atoms with Gasteiger partial charge in [-0.05, 0) is 25.0 Å². The van der Waals surface area contributed by atoms with Gasteiger partial charge >= 0.3 is 5.97 Å². The number of ether oxygens (including phenoxy) is 1. The summed E-state index contributed by atoms with van der Waals surface area (Å²) in [6.07, 6.45) is 3.03. The van der Waals surface area contributed by atoms with Gasteiger partial charge < -0.3 is 20.1 Å². The van der Waals surface area contributed by atoms with Gasteiger partial charge in [-0.2, -0.15) is 0 Å². The van der Waals surface area contributed by atoms with Gasteiger partial charge in [0.05, 0.1) is 13.2 Å². The van der Waals surface area contributed by atoms with Crippen LogP contribution in [0.2, 0.25) is 0 Å². The molecule has 0 aromatic heterocycles. The summed E-state index contributed by atoms with van der Waals surface area (Å²) >= 11 is 0. The molecule has 2 rings (SSSR count). The molecule has 1 fully saturated rings. The zero-order chi connectivity index (χ0) is 18.9. The average molecular weight is 360 g/mol. The van der Waals surface area contributed by atoms with E-state index in [0.29, 0.717) is 26.3 Å². The van der Waals surface area contributed by atoms with Crippen LogP contribution >= 0.6 is 0 Å². The predicted octanol–water partition coefficient (Wildman–Crippen LogP) is 1.22. The Balaban J connectivity index is 1.84. The molecule has 0 radical (unpaired) electrons. The number of carboxylic acid groups (broad SMARTS) is 1. The Labute approximate surface area is 152 Å². The number of aryl methyl sites for hydroxylation is 1. The molecule has 1 aliphatic heterocycles. The maximum atomic E-state index is 12.1. The van der Waals surface area contributed by atoms with Gasteiger partial charge in [-0.25, -0.2) is 4.79 Å². The molecular formula is C19H24N2O5. The Morgan fingerprint density at radius 2 is 1.88 bits per heavy atom. The van der Waals surface area contributed by atoms with Crippen molar-refractivity contribution in [2.24, 2.45) is 0 Å². The molecule has 0 spiro atoms. The SMILES string of the molecule is Cc1ccc(/C=C/C(=O)N[C@@H](CCC(=O)N2CCOCC2)C(=O)O)cc1. The third kappa shape index (κ3) is 6.33. The van der Waals surface area contributed by atoms with Gasteiger partial charge in [0.15, 0.2) is 0 Å². The van der Waals surface area contributed by atoms with E-state index in [-0.39, 0.29) is 18.7 Å². The molecule has 1 atom stereocenters. The van der Waals surface area contributed by atoms with E-state index in [1.807, 2.05) is 31.2 Å². The van der Waals surface area contributed by atoms with Crippen molar-refractivity contribution < 1.29 is 24.2 Å². The summed E-state index contributed by atoms with van der Waals surface area (Å²) in [4.78, 5) is 37.1. The van der Waals surface area contributed by atoms with Crippen LogP contribution < -0.4 is 5.32 Å². The molecule has 0 bridgehead atoms. The molecule has 0 saturated carbocycles. The number of benzene rings is 1. The quantitative estimate of drug-likeness (QED) is 0.713. The molecule has 2 amide bonds. The van der Waals surface area contributed by atoms with Crippen molar-refractivity contribution in [2.45, 2.75) is 25.8 Å². The van der Waals surface area contributed by atoms with Crippen LogP contribution in [-0.4, -0.2) is 60.1 Å². The Morgan fingerprint density at radius 1 is 1.23 bits per heavy atom. The van der Waals surface area contributed by atoms with E-state index >= 15 is 0 Å². The maximum absolute atomic E-state index is 12.1. The summed E-state index contributed by atoms with van der Waals surface area (Å²) in [6.45, 7) is 3.99. The number of carboxylic acids is 1. The van der Waals surface area contributed by atoms with Crippen LogP contribution in [-0.2, 0) is 19.1 Å². The lowest BCUT2D eigenvalue weighted by atomic mass is 10.1. The number of hydrogen-bond donors (Lipinski definition) is 2. The fraction of sp³-hybridized carbons (Fsp3) is 0.421. The largest absolute Gasteiger partial charge is 0.480 e. The third-order valence-electron chi connectivity index (χ3n) is 4.13. The third-order valence-corrected chi connectivity index (χ3v) is 4.13. The number of nitrogens with zero attached hydrogens (tertiary/aromatic N) is 1. The van der Waals surface area contributed by atoms with Gasteiger partial charge in [-0.1, -0.05) is 29.8 Å². The summed E-state index contributed by atoms with van der Waals surface area (Å²) in [6, 6.07) is 6.49. The van der Waals surface area contributed by atoms with Crippen molar-refractivity contribution in [2.75, 3.05) is 26.3 Å². The zero-order valence-corrected chi connectivity index (χ0v) is 14.8. The van der Waals surface area contributed by atoms with E-state index < -0.39 is 17.9 Å². The zero-order valence-electron chi connectivity index (χ0n) is 14.8. The smallest absolute Gasteiger partial charge is 0.326 e. The van der Waals surface area contributed by atoms with E-state index in [1.165, 1.54) is 6.08 Å². The molecule has 0 unspecified atom stereocenters. The van der Waals surface area contributed by atoms with E-state index in [9.17, 15) is 19.5 Å². The lowest BCUT2D eigenvalue weighted by molar-refractivity contribution is -0.142. The second-order valence-electron chi connectivity index (χ2n) is 6.18. The molecule has 7 heteroatoms. The van der Waals surface area contributed by atoms with Crippen molar-refractivity contribution in [3.05, 3.63) is 41.5 Å². The topological polar surface area (TPSA) is 95.9 Å². The average Bonchev–Trinajstić information content (AvgIpc) is 2.64. The van der Waals surface area contributed by atoms with E-state index in [2.05, 4.69) is 5.32 Å². The molecule has 2 N–H and O–H groups in total. The number of aliphatic carboxylic acids is 1. The number of rotatable bonds is 7. The van der Waals surface area contributed by atoms with E-state index in [1.54, 1.807) is 11.0 Å². The Bertz CT molecular complexity index is 663. The highest BCUT2D eigenvalue weighted by atomic mass is 16.5. The number of carbonyl (C=O) groups is 3. The number of carbonyl (C=O) groups excluding carboxylic acids is 2. The second kappa shape index (κ2) is 9.72. The van der Waals surface area contributed by atoms with Crippen LogP contribution in [0.1, 0.15) is 24.0 Å². The minimum atomic E-state index is -1.16. The molecule has 0 aliphatic carbocycles. The van der Waals surface area contributed by atoms with Gasteiger partial charge in [0.2, 0.25) is 11.8 Å². The lowest BCUT2D eigenvalue weighted by Crippen LogP contribution is -2.43. The van der Waals surface area contributed by atoms with Gasteiger partial charge in [0, 0.05) is 25.6 Å².